The molecule has 1 aliphatic heterocycles. The standard InChI is InChI=1S/C16H12N2O5S/c19-14-7-10(12-9-23-15-4-2-1-3-11(12)15)5-6-13(14)18-8-16(20)17-24(18,21)22/h1-9,17,19-20H. The maximum atomic E-state index is 11.9. The number of hydrogen-bond acceptors (Lipinski definition) is 5. The Bertz CT molecular complexity index is 1080. The van der Waals surface area contributed by atoms with Crippen molar-refractivity contribution in [3.8, 4) is 16.9 Å². The minimum atomic E-state index is -3.95. The van der Waals surface area contributed by atoms with Gasteiger partial charge in [0.05, 0.1) is 12.5 Å². The quantitative estimate of drug-likeness (QED) is 0.663. The second kappa shape index (κ2) is 4.93. The average molecular weight is 344 g/mol. The number of rotatable bonds is 2. The van der Waals surface area contributed by atoms with Crippen molar-refractivity contribution in [2.75, 3.05) is 4.31 Å². The van der Waals surface area contributed by atoms with E-state index in [1.807, 2.05) is 29.0 Å². The molecule has 0 radical (unpaired) electrons. The largest absolute Gasteiger partial charge is 0.506 e. The predicted molar refractivity (Wildman–Crippen MR) is 88.6 cm³/mol. The number of phenolic OH excluding ortho intramolecular Hbond substituents is 1. The van der Waals surface area contributed by atoms with Gasteiger partial charge in [0, 0.05) is 10.9 Å². The number of hydrogen-bond donors (Lipinski definition) is 3. The zero-order valence-electron chi connectivity index (χ0n) is 12.2. The van der Waals surface area contributed by atoms with Crippen LogP contribution in [0.1, 0.15) is 0 Å². The van der Waals surface area contributed by atoms with E-state index in [0.717, 1.165) is 27.0 Å². The van der Waals surface area contributed by atoms with Gasteiger partial charge in [-0.3, -0.25) is 0 Å². The Morgan fingerprint density at radius 2 is 1.88 bits per heavy atom. The van der Waals surface area contributed by atoms with Gasteiger partial charge in [0.2, 0.25) is 5.88 Å². The third kappa shape index (κ3) is 2.16. The van der Waals surface area contributed by atoms with E-state index in [1.54, 1.807) is 12.3 Å². The van der Waals surface area contributed by atoms with Gasteiger partial charge in [0.25, 0.3) is 0 Å². The van der Waals surface area contributed by atoms with Crippen molar-refractivity contribution < 1.29 is 23.0 Å². The van der Waals surface area contributed by atoms with Gasteiger partial charge in [-0.2, -0.15) is 8.42 Å². The van der Waals surface area contributed by atoms with Crippen LogP contribution in [-0.4, -0.2) is 18.6 Å². The summed E-state index contributed by atoms with van der Waals surface area (Å²) in [6.07, 6.45) is 2.57. The molecule has 1 aromatic heterocycles. The maximum Gasteiger partial charge on any atom is 0.330 e. The number of benzene rings is 2. The van der Waals surface area contributed by atoms with E-state index in [9.17, 15) is 18.6 Å². The molecule has 3 N–H and O–H groups in total. The van der Waals surface area contributed by atoms with Gasteiger partial charge in [-0.15, -0.1) is 0 Å². The fourth-order valence-corrected chi connectivity index (χ4v) is 3.73. The van der Waals surface area contributed by atoms with Crippen LogP contribution < -0.4 is 9.03 Å². The zero-order valence-corrected chi connectivity index (χ0v) is 13.0. The number of fused-ring (bicyclic) bond motifs is 1. The summed E-state index contributed by atoms with van der Waals surface area (Å²) in [7, 11) is -3.95. The van der Waals surface area contributed by atoms with E-state index in [4.69, 9.17) is 4.42 Å². The first-order valence-corrected chi connectivity index (χ1v) is 8.42. The normalized spacial score (nSPS) is 16.2. The molecule has 0 fully saturated rings. The van der Waals surface area contributed by atoms with E-state index in [-0.39, 0.29) is 11.4 Å². The summed E-state index contributed by atoms with van der Waals surface area (Å²) in [5, 5.41) is 20.5. The number of aliphatic hydroxyl groups excluding tert-OH is 1. The number of anilines is 1. The molecule has 2 aromatic carbocycles. The fourth-order valence-electron chi connectivity index (χ4n) is 2.67. The van der Waals surface area contributed by atoms with Crippen LogP contribution in [0.15, 0.2) is 65.2 Å². The van der Waals surface area contributed by atoms with Crippen molar-refractivity contribution in [3.05, 3.63) is 60.8 Å². The Morgan fingerprint density at radius 3 is 2.58 bits per heavy atom. The second-order valence-corrected chi connectivity index (χ2v) is 6.81. The number of aromatic hydroxyl groups is 1. The lowest BCUT2D eigenvalue weighted by molar-refractivity contribution is 0.392. The van der Waals surface area contributed by atoms with Crippen molar-refractivity contribution in [1.82, 2.24) is 4.72 Å². The summed E-state index contributed by atoms with van der Waals surface area (Å²) in [4.78, 5) is 0. The highest BCUT2D eigenvalue weighted by molar-refractivity contribution is 7.91. The molecule has 0 saturated heterocycles. The SMILES string of the molecule is O=S1(=O)NC(O)=CN1c1ccc(-c2coc3ccccc23)cc1O. The van der Waals surface area contributed by atoms with Crippen LogP contribution in [0, 0.1) is 0 Å². The van der Waals surface area contributed by atoms with E-state index in [2.05, 4.69) is 0 Å². The van der Waals surface area contributed by atoms with Crippen molar-refractivity contribution in [3.63, 3.8) is 0 Å². The van der Waals surface area contributed by atoms with Gasteiger partial charge in [0.15, 0.2) is 0 Å². The predicted octanol–water partition coefficient (Wildman–Crippen LogP) is 2.82. The Hall–Kier alpha value is -3.13. The number of furan rings is 1. The Balaban J connectivity index is 1.81. The molecule has 0 bridgehead atoms. The van der Waals surface area contributed by atoms with Gasteiger partial charge < -0.3 is 14.6 Å². The van der Waals surface area contributed by atoms with Crippen LogP contribution in [0.4, 0.5) is 5.69 Å². The van der Waals surface area contributed by atoms with Gasteiger partial charge in [0.1, 0.15) is 17.0 Å². The summed E-state index contributed by atoms with van der Waals surface area (Å²) in [5.74, 6) is -0.756. The summed E-state index contributed by atoms with van der Waals surface area (Å²) in [5.41, 5.74) is 2.21. The number of phenols is 1. The first-order valence-electron chi connectivity index (χ1n) is 6.98. The maximum absolute atomic E-state index is 11.9. The molecule has 1 aliphatic rings. The van der Waals surface area contributed by atoms with Crippen LogP contribution in [-0.2, 0) is 10.2 Å². The van der Waals surface area contributed by atoms with Gasteiger partial charge in [-0.1, -0.05) is 24.3 Å². The smallest absolute Gasteiger partial charge is 0.330 e. The summed E-state index contributed by atoms with van der Waals surface area (Å²) in [6.45, 7) is 0. The summed E-state index contributed by atoms with van der Waals surface area (Å²) >= 11 is 0. The van der Waals surface area contributed by atoms with Crippen molar-refractivity contribution in [2.45, 2.75) is 0 Å². The first kappa shape index (κ1) is 14.5. The molecule has 0 saturated carbocycles. The molecule has 24 heavy (non-hydrogen) atoms. The van der Waals surface area contributed by atoms with Crippen LogP contribution in [0.3, 0.4) is 0 Å². The molecule has 0 unspecified atom stereocenters. The lowest BCUT2D eigenvalue weighted by Gasteiger charge is -2.15. The number of nitrogens with one attached hydrogen (secondary N) is 1. The van der Waals surface area contributed by atoms with Crippen LogP contribution in [0.2, 0.25) is 0 Å². The molecule has 122 valence electrons. The third-order valence-corrected chi connectivity index (χ3v) is 5.02. The highest BCUT2D eigenvalue weighted by Crippen LogP contribution is 2.37. The molecule has 8 heteroatoms. The van der Waals surface area contributed by atoms with Gasteiger partial charge in [-0.25, -0.2) is 9.03 Å². The van der Waals surface area contributed by atoms with Gasteiger partial charge in [-0.05, 0) is 23.8 Å². The minimum absolute atomic E-state index is 0.0306. The van der Waals surface area contributed by atoms with Crippen molar-refractivity contribution in [1.29, 1.82) is 0 Å². The lowest BCUT2D eigenvalue weighted by atomic mass is 10.0. The molecule has 0 amide bonds. The topological polar surface area (TPSA) is 103 Å². The van der Waals surface area contributed by atoms with E-state index < -0.39 is 16.1 Å². The minimum Gasteiger partial charge on any atom is -0.506 e. The molecule has 3 aromatic rings. The van der Waals surface area contributed by atoms with Crippen molar-refractivity contribution >= 4 is 26.9 Å². The van der Waals surface area contributed by atoms with Crippen LogP contribution >= 0.6 is 0 Å². The van der Waals surface area contributed by atoms with Crippen molar-refractivity contribution in [2.24, 2.45) is 0 Å². The van der Waals surface area contributed by atoms with E-state index in [1.165, 1.54) is 12.1 Å². The zero-order chi connectivity index (χ0) is 16.9. The number of nitrogens with zero attached hydrogens (tertiary/aromatic N) is 1. The molecule has 4 rings (SSSR count). The Labute approximate surface area is 137 Å². The Kier molecular flexibility index (Phi) is 2.97. The third-order valence-electron chi connectivity index (χ3n) is 3.74. The lowest BCUT2D eigenvalue weighted by Crippen LogP contribution is -2.29. The molecule has 0 spiro atoms. The monoisotopic (exact) mass is 344 g/mol. The molecule has 2 heterocycles. The second-order valence-electron chi connectivity index (χ2n) is 5.27. The highest BCUT2D eigenvalue weighted by atomic mass is 32.2. The Morgan fingerprint density at radius 1 is 1.08 bits per heavy atom. The molecule has 0 atom stereocenters. The summed E-state index contributed by atoms with van der Waals surface area (Å²) in [6, 6.07) is 12.1. The average Bonchev–Trinajstić information content (AvgIpc) is 3.07. The highest BCUT2D eigenvalue weighted by Gasteiger charge is 2.30. The summed E-state index contributed by atoms with van der Waals surface area (Å²) < 4.78 is 32.0. The van der Waals surface area contributed by atoms with Gasteiger partial charge >= 0.3 is 10.2 Å². The molecular weight excluding hydrogens is 332 g/mol. The number of para-hydroxylation sites is 1. The van der Waals surface area contributed by atoms with Crippen LogP contribution in [0.5, 0.6) is 5.75 Å². The fraction of sp³-hybridized carbons (Fsp3) is 0. The number of aliphatic hydroxyl groups is 1. The van der Waals surface area contributed by atoms with Crippen LogP contribution in [0.25, 0.3) is 22.1 Å². The van der Waals surface area contributed by atoms with E-state index >= 15 is 0 Å². The first-order chi connectivity index (χ1) is 11.5. The molecule has 0 aliphatic carbocycles. The molecule has 7 nitrogen and oxygen atoms in total. The van der Waals surface area contributed by atoms with E-state index in [0.29, 0.717) is 5.56 Å². The molecular formula is C16H12N2O5S.